The number of rotatable bonds is 2. The highest BCUT2D eigenvalue weighted by Crippen LogP contribution is 2.04. The number of nitrogens with one attached hydrogen (secondary N) is 2. The summed E-state index contributed by atoms with van der Waals surface area (Å²) in [4.78, 5) is 39.2. The van der Waals surface area contributed by atoms with Crippen molar-refractivity contribution in [2.24, 2.45) is 0 Å². The zero-order valence-electron chi connectivity index (χ0n) is 8.24. The van der Waals surface area contributed by atoms with Crippen LogP contribution in [0.5, 0.6) is 0 Å². The van der Waals surface area contributed by atoms with Gasteiger partial charge in [0.15, 0.2) is 2.82 Å². The van der Waals surface area contributed by atoms with Crippen molar-refractivity contribution < 1.29 is 22.3 Å². The Balaban J connectivity index is 3.45. The van der Waals surface area contributed by atoms with Gasteiger partial charge in [0.25, 0.3) is 5.82 Å². The van der Waals surface area contributed by atoms with Gasteiger partial charge < -0.3 is 0 Å². The van der Waals surface area contributed by atoms with Crippen molar-refractivity contribution in [2.75, 3.05) is 0 Å². The van der Waals surface area contributed by atoms with Crippen LogP contribution in [0.3, 0.4) is 0 Å². The van der Waals surface area contributed by atoms with Gasteiger partial charge in [0, 0.05) is 0 Å². The first kappa shape index (κ1) is 6.94. The molecule has 1 heterocycles. The van der Waals surface area contributed by atoms with Gasteiger partial charge in [0.1, 0.15) is 9.85 Å². The lowest BCUT2D eigenvalue weighted by Gasteiger charge is -1.92. The minimum Gasteiger partial charge on any atom is -0.292 e. The van der Waals surface area contributed by atoms with E-state index in [1.807, 2.05) is 0 Å². The van der Waals surface area contributed by atoms with E-state index in [0.29, 0.717) is 0 Å². The molecule has 10 heteroatoms. The summed E-state index contributed by atoms with van der Waals surface area (Å²) in [6.45, 7) is 0. The fourth-order valence-electron chi connectivity index (χ4n) is 0.643. The second-order valence-electron chi connectivity index (χ2n) is 2.00. The Morgan fingerprint density at radius 1 is 1.14 bits per heavy atom. The molecule has 0 atom stereocenters. The quantitative estimate of drug-likeness (QED) is 0.299. The molecule has 74 valence electrons. The van der Waals surface area contributed by atoms with Crippen molar-refractivity contribution in [2.45, 2.75) is 0 Å². The van der Waals surface area contributed by atoms with E-state index >= 15 is 0 Å². The summed E-state index contributed by atoms with van der Waals surface area (Å²) in [6, 6.07) is 0. The Kier molecular flexibility index (Phi) is 1.53. The van der Waals surface area contributed by atoms with E-state index in [-0.39, 0.29) is 10.6 Å². The molecule has 0 unspecified atom stereocenters. The topological polar surface area (TPSA) is 144 Å². The Bertz CT molecular complexity index is 408. The third-order valence-corrected chi connectivity index (χ3v) is 1.14. The summed E-state index contributed by atoms with van der Waals surface area (Å²) in [5.74, 6) is -6.26. The summed E-state index contributed by atoms with van der Waals surface area (Å²) < 4.78 is 13.8. The third-order valence-electron chi connectivity index (χ3n) is 1.14. The second kappa shape index (κ2) is 3.08. The van der Waals surface area contributed by atoms with Crippen LogP contribution in [0.4, 0.5) is 0 Å². The van der Waals surface area contributed by atoms with Crippen LogP contribution in [-0.2, 0) is 9.59 Å². The molecule has 0 saturated carbocycles. The number of amides is 2. The zero-order valence-corrected chi connectivity index (χ0v) is 6.24. The Hall–Kier alpha value is -2.52. The molecule has 1 saturated heterocycles. The molecule has 1 fully saturated rings. The van der Waals surface area contributed by atoms with Gasteiger partial charge in [-0.05, 0) is 0 Å². The average Bonchev–Trinajstić information content (AvgIpc) is 2.34. The molecule has 0 aromatic carbocycles. The lowest BCUT2D eigenvalue weighted by atomic mass is 10.6. The van der Waals surface area contributed by atoms with E-state index in [0.717, 1.165) is 0 Å². The fraction of sp³-hybridized carbons (Fsp3) is 0. The number of nitrogens with zero attached hydrogens (tertiary/aromatic N) is 2. The zero-order chi connectivity index (χ0) is 12.6. The fourth-order valence-corrected chi connectivity index (χ4v) is 0.643. The molecule has 0 aromatic heterocycles. The molecule has 0 radical (unpaired) electrons. The van der Waals surface area contributed by atoms with E-state index in [1.54, 1.807) is 0 Å². The van der Waals surface area contributed by atoms with E-state index < -0.39 is 33.3 Å². The van der Waals surface area contributed by atoms with Crippen LogP contribution < -0.4 is 10.6 Å². The Labute approximate surface area is 77.8 Å². The van der Waals surface area contributed by atoms with E-state index in [9.17, 15) is 29.8 Å². The van der Waals surface area contributed by atoms with Crippen molar-refractivity contribution in [1.82, 2.24) is 10.6 Å². The molecule has 0 spiro atoms. The van der Waals surface area contributed by atoms with Crippen LogP contribution in [-0.4, -0.2) is 21.7 Å². The highest BCUT2D eigenvalue weighted by molar-refractivity contribution is 6.38. The van der Waals surface area contributed by atoms with Gasteiger partial charge in [-0.3, -0.25) is 40.4 Å². The SMILES string of the molecule is [2H]N1C(=O)C(=O)N([2H])C1=C([N+](=O)[O-])[N+](=O)[O-]. The second-order valence-corrected chi connectivity index (χ2v) is 2.00. The van der Waals surface area contributed by atoms with E-state index in [2.05, 4.69) is 0 Å². The van der Waals surface area contributed by atoms with Crippen molar-refractivity contribution >= 4 is 11.8 Å². The van der Waals surface area contributed by atoms with Crippen LogP contribution in [0, 0.1) is 20.2 Å². The standard InChI is InChI=1S/C4H2N4O6/c9-2-3(10)6-1(5-2)4(7(11)12)8(13)14/h(H,5,9)(H,6,10)/i/hD2. The molecule has 0 aromatic rings. The highest BCUT2D eigenvalue weighted by Gasteiger charge is 2.40. The summed E-state index contributed by atoms with van der Waals surface area (Å²) in [5, 5.41) is 19.9. The Morgan fingerprint density at radius 3 is 1.79 bits per heavy atom. The maximum Gasteiger partial charge on any atom is 0.600 e. The first-order valence-corrected chi connectivity index (χ1v) is 2.98. The summed E-state index contributed by atoms with van der Waals surface area (Å²) >= 11 is 0. The molecule has 1 rings (SSSR count). The summed E-state index contributed by atoms with van der Waals surface area (Å²) in [7, 11) is 0. The predicted molar refractivity (Wildman–Crippen MR) is 37.3 cm³/mol. The van der Waals surface area contributed by atoms with Crippen LogP contribution in [0.1, 0.15) is 0 Å². The molecule has 1 aliphatic heterocycles. The number of hydrogen-bond donors (Lipinski definition) is 2. The molecule has 1 aliphatic rings. The van der Waals surface area contributed by atoms with Crippen LogP contribution in [0.15, 0.2) is 11.6 Å². The number of nitro groups is 2. The molecule has 14 heavy (non-hydrogen) atoms. The van der Waals surface area contributed by atoms with Crippen molar-refractivity contribution in [3.8, 4) is 0 Å². The first-order valence-electron chi connectivity index (χ1n) is 3.87. The third kappa shape index (κ3) is 1.48. The van der Waals surface area contributed by atoms with Crippen LogP contribution >= 0.6 is 0 Å². The minimum atomic E-state index is -1.79. The largest absolute Gasteiger partial charge is 0.600 e. The Morgan fingerprint density at radius 2 is 1.50 bits per heavy atom. The van der Waals surface area contributed by atoms with Crippen molar-refractivity contribution in [3.05, 3.63) is 31.9 Å². The van der Waals surface area contributed by atoms with Gasteiger partial charge in [-0.2, -0.15) is 0 Å². The van der Waals surface area contributed by atoms with Crippen LogP contribution in [0.25, 0.3) is 0 Å². The van der Waals surface area contributed by atoms with E-state index in [1.165, 1.54) is 0 Å². The molecule has 2 amide bonds. The lowest BCUT2D eigenvalue weighted by Crippen LogP contribution is -2.23. The monoisotopic (exact) mass is 204 g/mol. The van der Waals surface area contributed by atoms with Gasteiger partial charge in [-0.25, -0.2) is 0 Å². The first-order chi connectivity index (χ1) is 7.29. The number of carbonyl (C=O) groups excluding carboxylic acids is 2. The molecular formula is C4H2N4O6. The molecule has 0 bridgehead atoms. The molecule has 2 N–H and O–H groups in total. The van der Waals surface area contributed by atoms with Gasteiger partial charge >= 0.3 is 17.6 Å². The average molecular weight is 204 g/mol. The highest BCUT2D eigenvalue weighted by atomic mass is 16.7. The normalized spacial score (nSPS) is 18.1. The van der Waals surface area contributed by atoms with Crippen molar-refractivity contribution in [1.29, 1.82) is 0 Å². The smallest absolute Gasteiger partial charge is 0.292 e. The van der Waals surface area contributed by atoms with Crippen molar-refractivity contribution in [3.63, 3.8) is 0 Å². The van der Waals surface area contributed by atoms with Crippen LogP contribution in [0.2, 0.25) is 2.82 Å². The van der Waals surface area contributed by atoms with Gasteiger partial charge in [-0.1, -0.05) is 0 Å². The lowest BCUT2D eigenvalue weighted by molar-refractivity contribution is -0.617. The maximum atomic E-state index is 10.8. The molecular weight excluding hydrogens is 200 g/mol. The van der Waals surface area contributed by atoms with E-state index in [4.69, 9.17) is 2.82 Å². The minimum absolute atomic E-state index is 0.365. The maximum absolute atomic E-state index is 10.8. The van der Waals surface area contributed by atoms with Gasteiger partial charge in [0.05, 0.1) is 0 Å². The number of hydrogen-bond acceptors (Lipinski definition) is 6. The summed E-state index contributed by atoms with van der Waals surface area (Å²) in [6.07, 6.45) is 0. The van der Waals surface area contributed by atoms with Gasteiger partial charge in [-0.15, -0.1) is 0 Å². The molecule has 0 aliphatic carbocycles. The summed E-state index contributed by atoms with van der Waals surface area (Å²) in [5.41, 5.74) is 0. The molecule has 10 nitrogen and oxygen atoms in total. The van der Waals surface area contributed by atoms with Gasteiger partial charge in [0.2, 0.25) is 0 Å². The number of carbonyl (C=O) groups is 2. The predicted octanol–water partition coefficient (Wildman–Crippen LogP) is -2.09.